The molecule has 0 unspecified atom stereocenters. The van der Waals surface area contributed by atoms with Crippen molar-refractivity contribution in [1.29, 1.82) is 0 Å². The summed E-state index contributed by atoms with van der Waals surface area (Å²) in [6.07, 6.45) is 7.11. The van der Waals surface area contributed by atoms with Crippen LogP contribution in [0.1, 0.15) is 39.0 Å². The highest BCUT2D eigenvalue weighted by atomic mass is 16.5. The highest BCUT2D eigenvalue weighted by Gasteiger charge is 2.32. The lowest BCUT2D eigenvalue weighted by atomic mass is 9.81. The van der Waals surface area contributed by atoms with E-state index in [0.29, 0.717) is 12.1 Å². The lowest BCUT2D eigenvalue weighted by Crippen LogP contribution is -2.48. The second-order valence-electron chi connectivity index (χ2n) is 4.75. The average molecular weight is 183 g/mol. The molecule has 2 aliphatic rings. The Kier molecular flexibility index (Phi) is 2.89. The first-order valence-electron chi connectivity index (χ1n) is 5.58. The summed E-state index contributed by atoms with van der Waals surface area (Å²) in [7, 11) is 1.84. The van der Waals surface area contributed by atoms with Crippen LogP contribution in [0.3, 0.4) is 0 Å². The van der Waals surface area contributed by atoms with Crippen LogP contribution in [0, 0.1) is 5.92 Å². The zero-order valence-electron chi connectivity index (χ0n) is 8.75. The van der Waals surface area contributed by atoms with Gasteiger partial charge in [-0.2, -0.15) is 0 Å². The predicted molar refractivity (Wildman–Crippen MR) is 53.8 cm³/mol. The van der Waals surface area contributed by atoms with Gasteiger partial charge in [-0.3, -0.25) is 0 Å². The standard InChI is InChI=1S/C11H21NO/c1-8-6-9(7-8)12-10-4-3-5-11(10)13-2/h8-12H,3-7H2,1-2H3/t8?,9?,10-,11-/m1/s1. The van der Waals surface area contributed by atoms with Gasteiger partial charge in [0.15, 0.2) is 0 Å². The topological polar surface area (TPSA) is 21.3 Å². The van der Waals surface area contributed by atoms with Crippen molar-refractivity contribution in [3.05, 3.63) is 0 Å². The molecule has 2 saturated carbocycles. The smallest absolute Gasteiger partial charge is 0.0724 e. The fourth-order valence-corrected chi connectivity index (χ4v) is 2.74. The van der Waals surface area contributed by atoms with E-state index in [-0.39, 0.29) is 0 Å². The molecule has 2 nitrogen and oxygen atoms in total. The van der Waals surface area contributed by atoms with Crippen molar-refractivity contribution in [2.45, 2.75) is 57.2 Å². The van der Waals surface area contributed by atoms with E-state index in [1.54, 1.807) is 0 Å². The molecule has 0 radical (unpaired) electrons. The van der Waals surface area contributed by atoms with E-state index in [9.17, 15) is 0 Å². The summed E-state index contributed by atoms with van der Waals surface area (Å²) in [6, 6.07) is 1.43. The minimum absolute atomic E-state index is 0.482. The van der Waals surface area contributed by atoms with Gasteiger partial charge in [-0.15, -0.1) is 0 Å². The fraction of sp³-hybridized carbons (Fsp3) is 1.00. The second kappa shape index (κ2) is 3.97. The third-order valence-electron chi connectivity index (χ3n) is 3.58. The van der Waals surface area contributed by atoms with Crippen molar-refractivity contribution < 1.29 is 4.74 Å². The molecule has 0 bridgehead atoms. The Hall–Kier alpha value is -0.0800. The summed E-state index contributed by atoms with van der Waals surface area (Å²) in [5.41, 5.74) is 0. The molecule has 0 heterocycles. The number of rotatable bonds is 3. The molecular weight excluding hydrogens is 162 g/mol. The van der Waals surface area contributed by atoms with Crippen molar-refractivity contribution in [1.82, 2.24) is 5.32 Å². The third kappa shape index (κ3) is 2.05. The van der Waals surface area contributed by atoms with E-state index in [4.69, 9.17) is 4.74 Å². The average Bonchev–Trinajstić information content (AvgIpc) is 2.49. The van der Waals surface area contributed by atoms with Crippen molar-refractivity contribution in [2.24, 2.45) is 5.92 Å². The van der Waals surface area contributed by atoms with E-state index in [0.717, 1.165) is 12.0 Å². The Bertz CT molecular complexity index is 165. The van der Waals surface area contributed by atoms with Gasteiger partial charge in [0, 0.05) is 19.2 Å². The quantitative estimate of drug-likeness (QED) is 0.722. The van der Waals surface area contributed by atoms with Crippen molar-refractivity contribution in [3.8, 4) is 0 Å². The molecule has 76 valence electrons. The SMILES string of the molecule is CO[C@@H]1CCC[C@H]1NC1CC(C)C1. The van der Waals surface area contributed by atoms with Crippen LogP contribution >= 0.6 is 0 Å². The number of nitrogens with one attached hydrogen (secondary N) is 1. The molecule has 1 N–H and O–H groups in total. The first kappa shape index (κ1) is 9.47. The van der Waals surface area contributed by atoms with Gasteiger partial charge in [0.1, 0.15) is 0 Å². The van der Waals surface area contributed by atoms with Gasteiger partial charge in [-0.1, -0.05) is 6.92 Å². The molecular formula is C11H21NO. The second-order valence-corrected chi connectivity index (χ2v) is 4.75. The van der Waals surface area contributed by atoms with Crippen LogP contribution in [0.5, 0.6) is 0 Å². The van der Waals surface area contributed by atoms with Gasteiger partial charge in [0.25, 0.3) is 0 Å². The van der Waals surface area contributed by atoms with E-state index in [1.807, 2.05) is 7.11 Å². The van der Waals surface area contributed by atoms with E-state index >= 15 is 0 Å². The first-order valence-corrected chi connectivity index (χ1v) is 5.58. The van der Waals surface area contributed by atoms with Gasteiger partial charge in [-0.05, 0) is 38.0 Å². The summed E-state index contributed by atoms with van der Waals surface area (Å²) >= 11 is 0. The Balaban J connectivity index is 1.74. The highest BCUT2D eigenvalue weighted by Crippen LogP contribution is 2.29. The van der Waals surface area contributed by atoms with E-state index in [1.165, 1.54) is 32.1 Å². The Labute approximate surface area is 81.0 Å². The minimum atomic E-state index is 0.482. The number of methoxy groups -OCH3 is 1. The van der Waals surface area contributed by atoms with Crippen molar-refractivity contribution in [3.63, 3.8) is 0 Å². The monoisotopic (exact) mass is 183 g/mol. The molecule has 13 heavy (non-hydrogen) atoms. The maximum atomic E-state index is 5.46. The lowest BCUT2D eigenvalue weighted by Gasteiger charge is -2.36. The summed E-state index contributed by atoms with van der Waals surface area (Å²) in [6.45, 7) is 2.33. The van der Waals surface area contributed by atoms with Crippen LogP contribution in [0.25, 0.3) is 0 Å². The molecule has 2 aliphatic carbocycles. The van der Waals surface area contributed by atoms with Crippen LogP contribution in [0.15, 0.2) is 0 Å². The Morgan fingerprint density at radius 3 is 2.62 bits per heavy atom. The first-order chi connectivity index (χ1) is 6.29. The maximum Gasteiger partial charge on any atom is 0.0724 e. The van der Waals surface area contributed by atoms with Crippen LogP contribution < -0.4 is 5.32 Å². The van der Waals surface area contributed by atoms with Crippen LogP contribution in [0.4, 0.5) is 0 Å². The molecule has 0 spiro atoms. The molecule has 2 fully saturated rings. The third-order valence-corrected chi connectivity index (χ3v) is 3.58. The molecule has 0 aromatic heterocycles. The Morgan fingerprint density at radius 1 is 1.23 bits per heavy atom. The molecule has 2 rings (SSSR count). The van der Waals surface area contributed by atoms with Crippen LogP contribution in [-0.2, 0) is 4.74 Å². The number of ether oxygens (including phenoxy) is 1. The van der Waals surface area contributed by atoms with Crippen LogP contribution in [-0.4, -0.2) is 25.3 Å². The summed E-state index contributed by atoms with van der Waals surface area (Å²) in [4.78, 5) is 0. The molecule has 0 aromatic carbocycles. The van der Waals surface area contributed by atoms with Gasteiger partial charge in [0.05, 0.1) is 6.10 Å². The zero-order valence-corrected chi connectivity index (χ0v) is 8.75. The largest absolute Gasteiger partial charge is 0.380 e. The van der Waals surface area contributed by atoms with Gasteiger partial charge in [0.2, 0.25) is 0 Å². The molecule has 0 aliphatic heterocycles. The zero-order chi connectivity index (χ0) is 9.26. The Morgan fingerprint density at radius 2 is 2.00 bits per heavy atom. The highest BCUT2D eigenvalue weighted by molar-refractivity contribution is 4.91. The summed E-state index contributed by atoms with van der Waals surface area (Å²) in [5.74, 6) is 0.944. The van der Waals surface area contributed by atoms with Gasteiger partial charge < -0.3 is 10.1 Å². The normalized spacial score (nSPS) is 44.8. The van der Waals surface area contributed by atoms with E-state index in [2.05, 4.69) is 12.2 Å². The maximum absolute atomic E-state index is 5.46. The summed E-state index contributed by atoms with van der Waals surface area (Å²) < 4.78 is 5.46. The van der Waals surface area contributed by atoms with Gasteiger partial charge >= 0.3 is 0 Å². The number of hydrogen-bond acceptors (Lipinski definition) is 2. The summed E-state index contributed by atoms with van der Waals surface area (Å²) in [5, 5.41) is 3.72. The molecule has 0 amide bonds. The van der Waals surface area contributed by atoms with Crippen molar-refractivity contribution in [2.75, 3.05) is 7.11 Å². The molecule has 2 heteroatoms. The molecule has 0 aromatic rings. The van der Waals surface area contributed by atoms with Crippen molar-refractivity contribution >= 4 is 0 Å². The van der Waals surface area contributed by atoms with E-state index < -0.39 is 0 Å². The minimum Gasteiger partial charge on any atom is -0.380 e. The number of hydrogen-bond donors (Lipinski definition) is 1. The lowest BCUT2D eigenvalue weighted by molar-refractivity contribution is 0.0718. The molecule has 2 atom stereocenters. The molecule has 0 saturated heterocycles. The van der Waals surface area contributed by atoms with Crippen LogP contribution in [0.2, 0.25) is 0 Å². The predicted octanol–water partition coefficient (Wildman–Crippen LogP) is 1.94. The van der Waals surface area contributed by atoms with Gasteiger partial charge in [-0.25, -0.2) is 0 Å². The fourth-order valence-electron chi connectivity index (χ4n) is 2.74.